The third-order valence-corrected chi connectivity index (χ3v) is 3.36. The second-order valence-corrected chi connectivity index (χ2v) is 5.21. The zero-order chi connectivity index (χ0) is 18.8. The van der Waals surface area contributed by atoms with E-state index in [1.54, 1.807) is 43.5 Å². The molecule has 2 rings (SSSR count). The molecule has 0 saturated carbocycles. The largest absolute Gasteiger partial charge is 0.497 e. The van der Waals surface area contributed by atoms with E-state index in [0.717, 1.165) is 11.3 Å². The zero-order valence-corrected chi connectivity index (χ0v) is 14.7. The van der Waals surface area contributed by atoms with E-state index in [-0.39, 0.29) is 12.5 Å². The van der Waals surface area contributed by atoms with Gasteiger partial charge in [0.05, 0.1) is 26.5 Å². The maximum absolute atomic E-state index is 12.0. The van der Waals surface area contributed by atoms with Crippen LogP contribution in [0.3, 0.4) is 0 Å². The van der Waals surface area contributed by atoms with Crippen LogP contribution >= 0.6 is 0 Å². The van der Waals surface area contributed by atoms with Crippen molar-refractivity contribution in [3.05, 3.63) is 59.7 Å². The minimum atomic E-state index is -0.422. The molecule has 0 bridgehead atoms. The SMILES string of the molecule is CCOc1ccc(C(=O)NCC(=O)N/N=C\c2ccc(OC)cc2)cc1. The van der Waals surface area contributed by atoms with Gasteiger partial charge in [-0.3, -0.25) is 9.59 Å². The van der Waals surface area contributed by atoms with Gasteiger partial charge in [-0.2, -0.15) is 5.10 Å². The highest BCUT2D eigenvalue weighted by Crippen LogP contribution is 2.12. The lowest BCUT2D eigenvalue weighted by atomic mass is 10.2. The van der Waals surface area contributed by atoms with Gasteiger partial charge in [0, 0.05) is 5.56 Å². The number of nitrogens with one attached hydrogen (secondary N) is 2. The normalized spacial score (nSPS) is 10.4. The molecule has 0 saturated heterocycles. The first-order valence-corrected chi connectivity index (χ1v) is 8.09. The van der Waals surface area contributed by atoms with Crippen LogP contribution in [0.5, 0.6) is 11.5 Å². The predicted octanol–water partition coefficient (Wildman–Crippen LogP) is 1.97. The van der Waals surface area contributed by atoms with Crippen LogP contribution in [0, 0.1) is 0 Å². The number of ether oxygens (including phenoxy) is 2. The zero-order valence-electron chi connectivity index (χ0n) is 14.7. The third-order valence-electron chi connectivity index (χ3n) is 3.36. The average Bonchev–Trinajstić information content (AvgIpc) is 2.67. The highest BCUT2D eigenvalue weighted by Gasteiger charge is 2.07. The number of amides is 2. The molecule has 0 aliphatic carbocycles. The molecule has 0 heterocycles. The summed E-state index contributed by atoms with van der Waals surface area (Å²) in [5.74, 6) is 0.661. The van der Waals surface area contributed by atoms with Crippen LogP contribution in [0.4, 0.5) is 0 Å². The monoisotopic (exact) mass is 355 g/mol. The van der Waals surface area contributed by atoms with Crippen LogP contribution < -0.4 is 20.2 Å². The first-order valence-electron chi connectivity index (χ1n) is 8.09. The summed E-state index contributed by atoms with van der Waals surface area (Å²) in [6.45, 7) is 2.27. The average molecular weight is 355 g/mol. The van der Waals surface area contributed by atoms with Crippen LogP contribution in [-0.2, 0) is 4.79 Å². The number of nitrogens with zero attached hydrogens (tertiary/aromatic N) is 1. The molecule has 26 heavy (non-hydrogen) atoms. The van der Waals surface area contributed by atoms with Crippen molar-refractivity contribution < 1.29 is 19.1 Å². The molecule has 0 aliphatic heterocycles. The van der Waals surface area contributed by atoms with E-state index < -0.39 is 5.91 Å². The Labute approximate surface area is 152 Å². The Bertz CT molecular complexity index is 755. The van der Waals surface area contributed by atoms with E-state index in [4.69, 9.17) is 9.47 Å². The molecule has 7 heteroatoms. The van der Waals surface area contributed by atoms with Gasteiger partial charge in [-0.15, -0.1) is 0 Å². The van der Waals surface area contributed by atoms with Gasteiger partial charge in [0.25, 0.3) is 11.8 Å². The number of hydrogen-bond acceptors (Lipinski definition) is 5. The molecular formula is C19H21N3O4. The number of carbonyl (C=O) groups excluding carboxylic acids is 2. The van der Waals surface area contributed by atoms with E-state index >= 15 is 0 Å². The molecule has 7 nitrogen and oxygen atoms in total. The molecule has 2 amide bonds. The van der Waals surface area contributed by atoms with Crippen molar-refractivity contribution >= 4 is 18.0 Å². The van der Waals surface area contributed by atoms with E-state index in [2.05, 4.69) is 15.8 Å². The van der Waals surface area contributed by atoms with Crippen LogP contribution in [-0.4, -0.2) is 38.3 Å². The summed E-state index contributed by atoms with van der Waals surface area (Å²) in [5.41, 5.74) is 3.61. The third kappa shape index (κ3) is 5.94. The molecule has 2 aromatic rings. The lowest BCUT2D eigenvalue weighted by molar-refractivity contribution is -0.120. The molecule has 0 radical (unpaired) electrons. The van der Waals surface area contributed by atoms with Crippen molar-refractivity contribution in [2.75, 3.05) is 20.3 Å². The summed E-state index contributed by atoms with van der Waals surface area (Å²) < 4.78 is 10.4. The summed E-state index contributed by atoms with van der Waals surface area (Å²) in [6, 6.07) is 13.9. The van der Waals surface area contributed by atoms with E-state index in [9.17, 15) is 9.59 Å². The fourth-order valence-electron chi connectivity index (χ4n) is 2.04. The lowest BCUT2D eigenvalue weighted by Gasteiger charge is -2.06. The van der Waals surface area contributed by atoms with Crippen molar-refractivity contribution in [3.8, 4) is 11.5 Å². The molecule has 0 unspecified atom stereocenters. The second-order valence-electron chi connectivity index (χ2n) is 5.21. The van der Waals surface area contributed by atoms with Gasteiger partial charge < -0.3 is 14.8 Å². The van der Waals surface area contributed by atoms with Gasteiger partial charge >= 0.3 is 0 Å². The maximum atomic E-state index is 12.0. The highest BCUT2D eigenvalue weighted by molar-refractivity contribution is 5.96. The van der Waals surface area contributed by atoms with Crippen LogP contribution in [0.1, 0.15) is 22.8 Å². The summed E-state index contributed by atoms with van der Waals surface area (Å²) in [7, 11) is 1.59. The minimum absolute atomic E-state index is 0.175. The summed E-state index contributed by atoms with van der Waals surface area (Å²) >= 11 is 0. The standard InChI is InChI=1S/C19H21N3O4/c1-3-26-17-10-6-15(7-11-17)19(24)20-13-18(23)22-21-12-14-4-8-16(25-2)9-5-14/h4-12H,3,13H2,1-2H3,(H,20,24)(H,22,23)/b21-12-. The van der Waals surface area contributed by atoms with Crippen molar-refractivity contribution in [1.29, 1.82) is 0 Å². The van der Waals surface area contributed by atoms with Crippen LogP contribution in [0.2, 0.25) is 0 Å². The molecular weight excluding hydrogens is 334 g/mol. The van der Waals surface area contributed by atoms with Crippen LogP contribution in [0.25, 0.3) is 0 Å². The molecule has 2 N–H and O–H groups in total. The summed E-state index contributed by atoms with van der Waals surface area (Å²) in [5, 5.41) is 6.38. The van der Waals surface area contributed by atoms with Crippen LogP contribution in [0.15, 0.2) is 53.6 Å². The Kier molecular flexibility index (Phi) is 7.17. The van der Waals surface area contributed by atoms with Crippen molar-refractivity contribution in [2.24, 2.45) is 5.10 Å². The molecule has 0 atom stereocenters. The maximum Gasteiger partial charge on any atom is 0.259 e. The van der Waals surface area contributed by atoms with E-state index in [0.29, 0.717) is 17.9 Å². The van der Waals surface area contributed by atoms with Crippen molar-refractivity contribution in [3.63, 3.8) is 0 Å². The number of hydrogen-bond donors (Lipinski definition) is 2. The van der Waals surface area contributed by atoms with Gasteiger partial charge in [-0.05, 0) is 61.0 Å². The van der Waals surface area contributed by atoms with E-state index in [1.165, 1.54) is 6.21 Å². The second kappa shape index (κ2) is 9.83. The smallest absolute Gasteiger partial charge is 0.259 e. The number of hydrazone groups is 1. The topological polar surface area (TPSA) is 89.0 Å². The Morgan fingerprint density at radius 1 is 1.04 bits per heavy atom. The van der Waals surface area contributed by atoms with Crippen molar-refractivity contribution in [2.45, 2.75) is 6.92 Å². The molecule has 0 fully saturated rings. The minimum Gasteiger partial charge on any atom is -0.497 e. The molecule has 2 aromatic carbocycles. The first-order chi connectivity index (χ1) is 12.6. The Morgan fingerprint density at radius 3 is 2.31 bits per heavy atom. The van der Waals surface area contributed by atoms with Gasteiger partial charge in [0.2, 0.25) is 0 Å². The lowest BCUT2D eigenvalue weighted by Crippen LogP contribution is -2.34. The number of benzene rings is 2. The molecule has 0 aliphatic rings. The fraction of sp³-hybridized carbons (Fsp3) is 0.211. The summed E-state index contributed by atoms with van der Waals surface area (Å²) in [6.07, 6.45) is 1.51. The fourth-order valence-corrected chi connectivity index (χ4v) is 2.04. The number of rotatable bonds is 8. The van der Waals surface area contributed by atoms with Gasteiger partial charge in [0.15, 0.2) is 0 Å². The van der Waals surface area contributed by atoms with Crippen molar-refractivity contribution in [1.82, 2.24) is 10.7 Å². The Morgan fingerprint density at radius 2 is 1.69 bits per heavy atom. The number of carbonyl (C=O) groups is 2. The summed E-state index contributed by atoms with van der Waals surface area (Å²) in [4.78, 5) is 23.7. The van der Waals surface area contributed by atoms with Gasteiger partial charge in [0.1, 0.15) is 11.5 Å². The Balaban J connectivity index is 1.76. The first kappa shape index (κ1) is 19.0. The van der Waals surface area contributed by atoms with E-state index in [1.807, 2.05) is 19.1 Å². The van der Waals surface area contributed by atoms with Gasteiger partial charge in [-0.1, -0.05) is 0 Å². The molecule has 0 aromatic heterocycles. The highest BCUT2D eigenvalue weighted by atomic mass is 16.5. The molecule has 0 spiro atoms. The van der Waals surface area contributed by atoms with Gasteiger partial charge in [-0.25, -0.2) is 5.43 Å². The predicted molar refractivity (Wildman–Crippen MR) is 98.7 cm³/mol. The number of methoxy groups -OCH3 is 1. The quantitative estimate of drug-likeness (QED) is 0.560. The molecule has 136 valence electrons. The Hall–Kier alpha value is -3.35.